The number of carbonyl (C=O) groups is 1. The van der Waals surface area contributed by atoms with Gasteiger partial charge in [0.25, 0.3) is 0 Å². The van der Waals surface area contributed by atoms with Gasteiger partial charge >= 0.3 is 5.97 Å². The zero-order chi connectivity index (χ0) is 13.0. The topological polar surface area (TPSA) is 52.3 Å². The minimum absolute atomic E-state index is 0.346. The lowest BCUT2D eigenvalue weighted by molar-refractivity contribution is 0.0510. The standard InChI is InChI=1S/C14H15NO2S/c1-10-3-2-4-12(15)13(10)14(16)17-7-5-11-6-8-18-9-11/h2-4,6,8-9H,5,7,15H2,1H3. The largest absolute Gasteiger partial charge is 0.462 e. The van der Waals surface area contributed by atoms with E-state index in [9.17, 15) is 4.79 Å². The summed E-state index contributed by atoms with van der Waals surface area (Å²) in [5.74, 6) is -0.346. The van der Waals surface area contributed by atoms with Crippen LogP contribution in [0.5, 0.6) is 0 Å². The molecule has 0 unspecified atom stereocenters. The Balaban J connectivity index is 1.96. The number of rotatable bonds is 4. The lowest BCUT2D eigenvalue weighted by Crippen LogP contribution is -2.12. The number of ether oxygens (including phenoxy) is 1. The molecule has 2 aromatic rings. The van der Waals surface area contributed by atoms with Crippen LogP contribution in [0.3, 0.4) is 0 Å². The summed E-state index contributed by atoms with van der Waals surface area (Å²) in [4.78, 5) is 11.9. The molecule has 4 heteroatoms. The van der Waals surface area contributed by atoms with Crippen LogP contribution in [0.2, 0.25) is 0 Å². The number of esters is 1. The number of hydrogen-bond donors (Lipinski definition) is 1. The van der Waals surface area contributed by atoms with Gasteiger partial charge in [0.05, 0.1) is 12.2 Å². The quantitative estimate of drug-likeness (QED) is 0.680. The van der Waals surface area contributed by atoms with E-state index in [2.05, 4.69) is 5.38 Å². The Morgan fingerprint density at radius 1 is 1.39 bits per heavy atom. The fraction of sp³-hybridized carbons (Fsp3) is 0.214. The molecule has 1 heterocycles. The smallest absolute Gasteiger partial charge is 0.340 e. The van der Waals surface area contributed by atoms with E-state index in [1.165, 1.54) is 5.56 Å². The minimum Gasteiger partial charge on any atom is -0.462 e. The number of aryl methyl sites for hydroxylation is 1. The number of nitrogen functional groups attached to an aromatic ring is 1. The van der Waals surface area contributed by atoms with Crippen LogP contribution in [0, 0.1) is 6.92 Å². The van der Waals surface area contributed by atoms with Crippen molar-refractivity contribution in [1.82, 2.24) is 0 Å². The summed E-state index contributed by atoms with van der Waals surface area (Å²) >= 11 is 1.64. The monoisotopic (exact) mass is 261 g/mol. The first-order chi connectivity index (χ1) is 8.68. The SMILES string of the molecule is Cc1cccc(N)c1C(=O)OCCc1ccsc1. The number of nitrogens with two attached hydrogens (primary N) is 1. The van der Waals surface area contributed by atoms with Crippen molar-refractivity contribution in [2.75, 3.05) is 12.3 Å². The van der Waals surface area contributed by atoms with Gasteiger partial charge in [0.2, 0.25) is 0 Å². The molecule has 18 heavy (non-hydrogen) atoms. The molecule has 0 spiro atoms. The first-order valence-corrected chi connectivity index (χ1v) is 6.66. The van der Waals surface area contributed by atoms with Crippen LogP contribution < -0.4 is 5.73 Å². The molecule has 0 fully saturated rings. The normalized spacial score (nSPS) is 10.3. The van der Waals surface area contributed by atoms with E-state index >= 15 is 0 Å². The Hall–Kier alpha value is -1.81. The van der Waals surface area contributed by atoms with Crippen LogP contribution in [0.15, 0.2) is 35.0 Å². The molecule has 0 bridgehead atoms. The number of carbonyl (C=O) groups excluding carboxylic acids is 1. The zero-order valence-electron chi connectivity index (χ0n) is 10.2. The van der Waals surface area contributed by atoms with Gasteiger partial charge in [0.1, 0.15) is 0 Å². The third kappa shape index (κ3) is 2.90. The van der Waals surface area contributed by atoms with Crippen LogP contribution in [-0.4, -0.2) is 12.6 Å². The molecule has 0 aliphatic carbocycles. The third-order valence-corrected chi connectivity index (χ3v) is 3.45. The zero-order valence-corrected chi connectivity index (χ0v) is 11.0. The van der Waals surface area contributed by atoms with E-state index in [0.29, 0.717) is 17.9 Å². The van der Waals surface area contributed by atoms with E-state index in [-0.39, 0.29) is 5.97 Å². The Kier molecular flexibility index (Phi) is 3.99. The second kappa shape index (κ2) is 5.69. The Morgan fingerprint density at radius 2 is 2.22 bits per heavy atom. The van der Waals surface area contributed by atoms with E-state index in [1.807, 2.05) is 30.5 Å². The van der Waals surface area contributed by atoms with Crippen LogP contribution in [0.1, 0.15) is 21.5 Å². The number of hydrogen-bond acceptors (Lipinski definition) is 4. The van der Waals surface area contributed by atoms with Crippen molar-refractivity contribution in [1.29, 1.82) is 0 Å². The third-order valence-electron chi connectivity index (χ3n) is 2.71. The molecule has 1 aromatic heterocycles. The number of thiophene rings is 1. The maximum Gasteiger partial charge on any atom is 0.340 e. The molecule has 2 rings (SSSR count). The van der Waals surface area contributed by atoms with Gasteiger partial charge in [0, 0.05) is 12.1 Å². The second-order valence-corrected chi connectivity index (χ2v) is 4.84. The molecule has 0 radical (unpaired) electrons. The van der Waals surface area contributed by atoms with E-state index in [4.69, 9.17) is 10.5 Å². The van der Waals surface area contributed by atoms with Gasteiger partial charge in [-0.3, -0.25) is 0 Å². The maximum atomic E-state index is 11.9. The summed E-state index contributed by atoms with van der Waals surface area (Å²) in [5, 5.41) is 4.06. The highest BCUT2D eigenvalue weighted by Crippen LogP contribution is 2.17. The lowest BCUT2D eigenvalue weighted by atomic mass is 10.1. The molecule has 0 aliphatic rings. The van der Waals surface area contributed by atoms with Gasteiger partial charge in [0.15, 0.2) is 0 Å². The summed E-state index contributed by atoms with van der Waals surface area (Å²) in [7, 11) is 0. The van der Waals surface area contributed by atoms with Gasteiger partial charge in [-0.2, -0.15) is 11.3 Å². The molecule has 0 amide bonds. The molecule has 2 N–H and O–H groups in total. The Labute approximate surface area is 110 Å². The summed E-state index contributed by atoms with van der Waals surface area (Å²) in [6.07, 6.45) is 0.737. The minimum atomic E-state index is -0.346. The second-order valence-electron chi connectivity index (χ2n) is 4.06. The summed E-state index contributed by atoms with van der Waals surface area (Å²) in [5.41, 5.74) is 8.76. The van der Waals surface area contributed by atoms with Gasteiger partial charge in [-0.25, -0.2) is 4.79 Å². The number of benzene rings is 1. The van der Waals surface area contributed by atoms with Gasteiger partial charge in [-0.1, -0.05) is 12.1 Å². The van der Waals surface area contributed by atoms with Crippen molar-refractivity contribution in [3.05, 3.63) is 51.7 Å². The maximum absolute atomic E-state index is 11.9. The van der Waals surface area contributed by atoms with Crippen molar-refractivity contribution in [3.63, 3.8) is 0 Å². The highest BCUT2D eigenvalue weighted by Gasteiger charge is 2.13. The van der Waals surface area contributed by atoms with Gasteiger partial charge in [-0.15, -0.1) is 0 Å². The molecular formula is C14H15NO2S. The first-order valence-electron chi connectivity index (χ1n) is 5.72. The Bertz CT molecular complexity index is 514. The van der Waals surface area contributed by atoms with Gasteiger partial charge in [-0.05, 0) is 40.9 Å². The molecule has 0 atom stereocenters. The van der Waals surface area contributed by atoms with Crippen molar-refractivity contribution in [2.24, 2.45) is 0 Å². The fourth-order valence-electron chi connectivity index (χ4n) is 1.74. The Morgan fingerprint density at radius 3 is 2.89 bits per heavy atom. The summed E-state index contributed by atoms with van der Waals surface area (Å²) in [6.45, 7) is 2.23. The van der Waals surface area contributed by atoms with Crippen molar-refractivity contribution in [2.45, 2.75) is 13.3 Å². The van der Waals surface area contributed by atoms with Crippen molar-refractivity contribution < 1.29 is 9.53 Å². The summed E-state index contributed by atoms with van der Waals surface area (Å²) < 4.78 is 5.25. The van der Waals surface area contributed by atoms with Crippen LogP contribution in [0.4, 0.5) is 5.69 Å². The first kappa shape index (κ1) is 12.6. The molecule has 0 saturated heterocycles. The molecule has 94 valence electrons. The van der Waals surface area contributed by atoms with Crippen LogP contribution in [-0.2, 0) is 11.2 Å². The molecular weight excluding hydrogens is 246 g/mol. The van der Waals surface area contributed by atoms with Crippen molar-refractivity contribution >= 4 is 23.0 Å². The predicted octanol–water partition coefficient (Wildman–Crippen LogP) is 3.04. The molecule has 0 aliphatic heterocycles. The summed E-state index contributed by atoms with van der Waals surface area (Å²) in [6, 6.07) is 7.42. The predicted molar refractivity (Wildman–Crippen MR) is 73.9 cm³/mol. The van der Waals surface area contributed by atoms with Crippen molar-refractivity contribution in [3.8, 4) is 0 Å². The van der Waals surface area contributed by atoms with E-state index in [0.717, 1.165) is 12.0 Å². The van der Waals surface area contributed by atoms with E-state index < -0.39 is 0 Å². The highest BCUT2D eigenvalue weighted by atomic mass is 32.1. The lowest BCUT2D eigenvalue weighted by Gasteiger charge is -2.09. The highest BCUT2D eigenvalue weighted by molar-refractivity contribution is 7.07. The van der Waals surface area contributed by atoms with Crippen LogP contribution in [0.25, 0.3) is 0 Å². The molecule has 3 nitrogen and oxygen atoms in total. The molecule has 0 saturated carbocycles. The average Bonchev–Trinajstić information content (AvgIpc) is 2.82. The average molecular weight is 261 g/mol. The van der Waals surface area contributed by atoms with E-state index in [1.54, 1.807) is 17.4 Å². The number of anilines is 1. The van der Waals surface area contributed by atoms with Gasteiger partial charge < -0.3 is 10.5 Å². The fourth-order valence-corrected chi connectivity index (χ4v) is 2.44. The van der Waals surface area contributed by atoms with Crippen LogP contribution >= 0.6 is 11.3 Å². The molecule has 1 aromatic carbocycles.